The van der Waals surface area contributed by atoms with E-state index in [-0.39, 0.29) is 0 Å². The number of aromatic nitrogens is 1. The molecule has 0 aliphatic rings. The highest BCUT2D eigenvalue weighted by atomic mass is 16.5. The maximum absolute atomic E-state index is 11.6. The van der Waals surface area contributed by atoms with Gasteiger partial charge >= 0.3 is 6.03 Å². The molecular formula is C13H21N3O2. The molecule has 1 rings (SSSR count). The van der Waals surface area contributed by atoms with E-state index in [4.69, 9.17) is 10.5 Å². The number of ether oxygens (including phenoxy) is 1. The maximum Gasteiger partial charge on any atom is 0.319 e. The zero-order valence-electron chi connectivity index (χ0n) is 11.4. The minimum Gasteiger partial charge on any atom is -0.478 e. The van der Waals surface area contributed by atoms with Gasteiger partial charge in [0.1, 0.15) is 0 Å². The number of rotatable bonds is 4. The summed E-state index contributed by atoms with van der Waals surface area (Å²) in [6.07, 6.45) is 2.52. The molecule has 0 aliphatic carbocycles. The van der Waals surface area contributed by atoms with Crippen LogP contribution < -0.4 is 15.4 Å². The van der Waals surface area contributed by atoms with Crippen molar-refractivity contribution in [3.8, 4) is 5.88 Å². The topological polar surface area (TPSA) is 68.5 Å². The van der Waals surface area contributed by atoms with Gasteiger partial charge in [-0.3, -0.25) is 4.90 Å². The zero-order chi connectivity index (χ0) is 13.8. The normalized spacial score (nSPS) is 11.1. The number of pyridine rings is 1. The molecule has 0 bridgehead atoms. The van der Waals surface area contributed by atoms with Crippen molar-refractivity contribution in [1.29, 1.82) is 0 Å². The van der Waals surface area contributed by atoms with Crippen LogP contribution in [0, 0.1) is 0 Å². The number of urea groups is 1. The van der Waals surface area contributed by atoms with Gasteiger partial charge in [-0.1, -0.05) is 6.92 Å². The van der Waals surface area contributed by atoms with E-state index < -0.39 is 11.6 Å². The Bertz CT molecular complexity index is 413. The summed E-state index contributed by atoms with van der Waals surface area (Å²) in [4.78, 5) is 17.2. The Labute approximate surface area is 108 Å². The zero-order valence-corrected chi connectivity index (χ0v) is 11.4. The van der Waals surface area contributed by atoms with Crippen molar-refractivity contribution in [3.05, 3.63) is 18.3 Å². The van der Waals surface area contributed by atoms with Crippen LogP contribution in [0.25, 0.3) is 0 Å². The van der Waals surface area contributed by atoms with E-state index in [0.29, 0.717) is 18.2 Å². The summed E-state index contributed by atoms with van der Waals surface area (Å²) >= 11 is 0. The first-order valence-corrected chi connectivity index (χ1v) is 6.04. The molecule has 0 aliphatic heterocycles. The van der Waals surface area contributed by atoms with Gasteiger partial charge in [0.05, 0.1) is 12.3 Å². The van der Waals surface area contributed by atoms with Crippen molar-refractivity contribution in [1.82, 2.24) is 4.98 Å². The van der Waals surface area contributed by atoms with Gasteiger partial charge in [-0.25, -0.2) is 9.78 Å². The molecule has 0 spiro atoms. The van der Waals surface area contributed by atoms with Gasteiger partial charge < -0.3 is 10.5 Å². The highest BCUT2D eigenvalue weighted by molar-refractivity contribution is 5.92. The lowest BCUT2D eigenvalue weighted by Crippen LogP contribution is -2.48. The molecule has 100 valence electrons. The first kappa shape index (κ1) is 14.3. The number of hydrogen-bond donors (Lipinski definition) is 1. The minimum absolute atomic E-state index is 0.394. The molecule has 0 saturated carbocycles. The fraction of sp³-hybridized carbons (Fsp3) is 0.538. The van der Waals surface area contributed by atoms with Crippen molar-refractivity contribution in [2.75, 3.05) is 11.5 Å². The van der Waals surface area contributed by atoms with Crippen LogP contribution in [0.5, 0.6) is 5.88 Å². The number of carbonyl (C=O) groups excluding carboxylic acids is 1. The van der Waals surface area contributed by atoms with E-state index in [9.17, 15) is 4.79 Å². The molecule has 0 aromatic carbocycles. The summed E-state index contributed by atoms with van der Waals surface area (Å²) in [5, 5.41) is 0. The Hall–Kier alpha value is -1.78. The molecule has 1 aromatic rings. The summed E-state index contributed by atoms with van der Waals surface area (Å²) in [7, 11) is 0. The van der Waals surface area contributed by atoms with Crippen molar-refractivity contribution >= 4 is 11.7 Å². The Morgan fingerprint density at radius 3 is 2.67 bits per heavy atom. The van der Waals surface area contributed by atoms with Gasteiger partial charge in [-0.05, 0) is 33.3 Å². The first-order valence-electron chi connectivity index (χ1n) is 6.04. The Balaban J connectivity index is 3.02. The second kappa shape index (κ2) is 5.71. The van der Waals surface area contributed by atoms with Gasteiger partial charge in [-0.2, -0.15) is 0 Å². The lowest BCUT2D eigenvalue weighted by molar-refractivity contribution is 0.249. The molecule has 1 aromatic heterocycles. The molecular weight excluding hydrogens is 230 g/mol. The molecule has 0 saturated heterocycles. The standard InChI is InChI=1S/C13H21N3O2/c1-5-8-18-11-9-10(6-7-15-11)16(12(14)17)13(2,3)4/h6-7,9H,5,8H2,1-4H3,(H2,14,17). The van der Waals surface area contributed by atoms with Crippen LogP contribution >= 0.6 is 0 Å². The average Bonchev–Trinajstić information content (AvgIpc) is 2.24. The second-order valence-corrected chi connectivity index (χ2v) is 5.05. The summed E-state index contributed by atoms with van der Waals surface area (Å²) in [6.45, 7) is 8.39. The Kier molecular flexibility index (Phi) is 4.53. The monoisotopic (exact) mass is 251 g/mol. The molecule has 0 fully saturated rings. The average molecular weight is 251 g/mol. The second-order valence-electron chi connectivity index (χ2n) is 5.05. The van der Waals surface area contributed by atoms with Crippen molar-refractivity contribution < 1.29 is 9.53 Å². The number of nitrogens with two attached hydrogens (primary N) is 1. The highest BCUT2D eigenvalue weighted by Crippen LogP contribution is 2.25. The third-order valence-corrected chi connectivity index (χ3v) is 2.32. The van der Waals surface area contributed by atoms with Crippen molar-refractivity contribution in [2.24, 2.45) is 5.73 Å². The quantitative estimate of drug-likeness (QED) is 0.894. The van der Waals surface area contributed by atoms with Gasteiger partial charge in [0.15, 0.2) is 0 Å². The van der Waals surface area contributed by atoms with Crippen LogP contribution in [0.3, 0.4) is 0 Å². The predicted molar refractivity (Wildman–Crippen MR) is 71.8 cm³/mol. The molecule has 2 N–H and O–H groups in total. The molecule has 5 nitrogen and oxygen atoms in total. The largest absolute Gasteiger partial charge is 0.478 e. The van der Waals surface area contributed by atoms with Gasteiger partial charge in [0.2, 0.25) is 5.88 Å². The third kappa shape index (κ3) is 3.61. The molecule has 1 heterocycles. The summed E-state index contributed by atoms with van der Waals surface area (Å²) in [5.41, 5.74) is 5.73. The first-order chi connectivity index (χ1) is 8.36. The minimum atomic E-state index is -0.491. The molecule has 0 atom stereocenters. The Morgan fingerprint density at radius 2 is 2.17 bits per heavy atom. The molecule has 5 heteroatoms. The fourth-order valence-electron chi connectivity index (χ4n) is 1.67. The van der Waals surface area contributed by atoms with Gasteiger partial charge in [-0.15, -0.1) is 0 Å². The molecule has 18 heavy (non-hydrogen) atoms. The van der Waals surface area contributed by atoms with Gasteiger partial charge in [0, 0.05) is 17.8 Å². The van der Waals surface area contributed by atoms with E-state index in [1.165, 1.54) is 4.90 Å². The van der Waals surface area contributed by atoms with Crippen molar-refractivity contribution in [3.63, 3.8) is 0 Å². The van der Waals surface area contributed by atoms with Crippen LogP contribution in [0.15, 0.2) is 18.3 Å². The fourth-order valence-corrected chi connectivity index (χ4v) is 1.67. The smallest absolute Gasteiger partial charge is 0.319 e. The summed E-state index contributed by atoms with van der Waals surface area (Å²) in [5.74, 6) is 0.504. The Morgan fingerprint density at radius 1 is 1.50 bits per heavy atom. The van der Waals surface area contributed by atoms with Crippen molar-refractivity contribution in [2.45, 2.75) is 39.7 Å². The van der Waals surface area contributed by atoms with E-state index in [1.807, 2.05) is 27.7 Å². The molecule has 2 amide bonds. The van der Waals surface area contributed by atoms with Crippen LogP contribution in [-0.2, 0) is 0 Å². The summed E-state index contributed by atoms with van der Waals surface area (Å²) < 4.78 is 5.45. The van der Waals surface area contributed by atoms with Crippen LogP contribution in [0.4, 0.5) is 10.5 Å². The van der Waals surface area contributed by atoms with Crippen LogP contribution in [0.1, 0.15) is 34.1 Å². The van der Waals surface area contributed by atoms with E-state index >= 15 is 0 Å². The number of hydrogen-bond acceptors (Lipinski definition) is 3. The third-order valence-electron chi connectivity index (χ3n) is 2.32. The summed E-state index contributed by atoms with van der Waals surface area (Å²) in [6, 6.07) is 2.98. The number of anilines is 1. The SMILES string of the molecule is CCCOc1cc(N(C(N)=O)C(C)(C)C)ccn1. The highest BCUT2D eigenvalue weighted by Gasteiger charge is 2.26. The van der Waals surface area contributed by atoms with E-state index in [0.717, 1.165) is 6.42 Å². The predicted octanol–water partition coefficient (Wildman–Crippen LogP) is 2.55. The van der Waals surface area contributed by atoms with Crippen LogP contribution in [-0.4, -0.2) is 23.2 Å². The lowest BCUT2D eigenvalue weighted by Gasteiger charge is -2.34. The lowest BCUT2D eigenvalue weighted by atomic mass is 10.1. The number of carbonyl (C=O) groups is 1. The molecule has 0 unspecified atom stereocenters. The maximum atomic E-state index is 11.6. The van der Waals surface area contributed by atoms with E-state index in [1.54, 1.807) is 18.3 Å². The van der Waals surface area contributed by atoms with Gasteiger partial charge in [0.25, 0.3) is 0 Å². The molecule has 0 radical (unpaired) electrons. The number of nitrogens with zero attached hydrogens (tertiary/aromatic N) is 2. The number of primary amides is 1. The van der Waals surface area contributed by atoms with E-state index in [2.05, 4.69) is 4.98 Å². The van der Waals surface area contributed by atoms with Crippen LogP contribution in [0.2, 0.25) is 0 Å². The number of amides is 2.